The van der Waals surface area contributed by atoms with E-state index >= 15 is 4.39 Å². The van der Waals surface area contributed by atoms with E-state index in [9.17, 15) is 4.79 Å². The summed E-state index contributed by atoms with van der Waals surface area (Å²) in [5.41, 5.74) is 1.69. The minimum Gasteiger partial charge on any atom is -0.476 e. The molecule has 9 nitrogen and oxygen atoms in total. The van der Waals surface area contributed by atoms with Gasteiger partial charge in [0.25, 0.3) is 0 Å². The van der Waals surface area contributed by atoms with Crippen molar-refractivity contribution in [1.29, 1.82) is 0 Å². The fourth-order valence-electron chi connectivity index (χ4n) is 3.72. The van der Waals surface area contributed by atoms with E-state index in [0.717, 1.165) is 17.2 Å². The molecule has 0 fully saturated rings. The van der Waals surface area contributed by atoms with Gasteiger partial charge in [-0.15, -0.1) is 5.10 Å². The summed E-state index contributed by atoms with van der Waals surface area (Å²) in [4.78, 5) is 20.7. The van der Waals surface area contributed by atoms with Crippen LogP contribution < -0.4 is 9.47 Å². The molecule has 0 N–H and O–H groups in total. The maximum Gasteiger partial charge on any atom is 0.317 e. The Balaban J connectivity index is 1.79. The third-order valence-corrected chi connectivity index (χ3v) is 7.82. The van der Waals surface area contributed by atoms with Gasteiger partial charge in [0.2, 0.25) is 5.88 Å². The second kappa shape index (κ2) is 12.9. The number of nitrogens with zero attached hydrogens (tertiary/aromatic N) is 4. The molecule has 2 heterocycles. The summed E-state index contributed by atoms with van der Waals surface area (Å²) in [6.45, 7) is 16.9. The molecule has 3 aromatic rings. The van der Waals surface area contributed by atoms with Crippen LogP contribution >= 0.6 is 0 Å². The molecular formula is C29H41FN4O5Si. The molecule has 0 bridgehead atoms. The van der Waals surface area contributed by atoms with Crippen LogP contribution in [-0.4, -0.2) is 60.2 Å². The second-order valence-electron chi connectivity index (χ2n) is 11.9. The predicted octanol–water partition coefficient (Wildman–Crippen LogP) is 6.13. The molecule has 0 aliphatic rings. The van der Waals surface area contributed by atoms with Crippen molar-refractivity contribution in [2.24, 2.45) is 5.41 Å². The van der Waals surface area contributed by atoms with Crippen LogP contribution in [0.4, 0.5) is 4.39 Å². The topological polar surface area (TPSA) is 97.6 Å². The van der Waals surface area contributed by atoms with E-state index in [0.29, 0.717) is 18.1 Å². The van der Waals surface area contributed by atoms with Crippen LogP contribution in [0.5, 0.6) is 11.9 Å². The van der Waals surface area contributed by atoms with Crippen molar-refractivity contribution in [2.45, 2.75) is 73.1 Å². The van der Waals surface area contributed by atoms with Crippen LogP contribution in [0.25, 0.3) is 22.5 Å². The molecule has 40 heavy (non-hydrogen) atoms. The Morgan fingerprint density at radius 2 is 1.88 bits per heavy atom. The van der Waals surface area contributed by atoms with E-state index in [1.807, 2.05) is 20.8 Å². The van der Waals surface area contributed by atoms with Crippen molar-refractivity contribution in [3.05, 3.63) is 41.8 Å². The van der Waals surface area contributed by atoms with Crippen LogP contribution in [0.1, 0.15) is 33.3 Å². The van der Waals surface area contributed by atoms with Crippen molar-refractivity contribution in [3.8, 4) is 34.4 Å². The molecule has 0 amide bonds. The maximum absolute atomic E-state index is 15.4. The van der Waals surface area contributed by atoms with Crippen molar-refractivity contribution in [1.82, 2.24) is 19.7 Å². The fourth-order valence-corrected chi connectivity index (χ4v) is 4.47. The molecule has 11 heteroatoms. The van der Waals surface area contributed by atoms with Crippen LogP contribution in [-0.2, 0) is 21.0 Å². The number of aryl methyl sites for hydroxylation is 1. The van der Waals surface area contributed by atoms with Gasteiger partial charge in [-0.25, -0.2) is 9.37 Å². The van der Waals surface area contributed by atoms with Gasteiger partial charge in [-0.3, -0.25) is 4.79 Å². The number of esters is 1. The zero-order valence-electron chi connectivity index (χ0n) is 25.0. The molecule has 3 rings (SSSR count). The highest BCUT2D eigenvalue weighted by Gasteiger charge is 2.30. The number of benzene rings is 1. The first-order chi connectivity index (χ1) is 18.7. The Bertz CT molecular complexity index is 1320. The number of methoxy groups -OCH3 is 1. The first-order valence-electron chi connectivity index (χ1n) is 13.4. The Kier molecular flexibility index (Phi) is 10.1. The number of carbonyl (C=O) groups is 1. The highest BCUT2D eigenvalue weighted by molar-refractivity contribution is 6.76. The number of hydrogen-bond acceptors (Lipinski definition) is 8. The monoisotopic (exact) mass is 572 g/mol. The largest absolute Gasteiger partial charge is 0.476 e. The summed E-state index contributed by atoms with van der Waals surface area (Å²) in [7, 11) is 0.116. The number of aromatic nitrogens is 4. The van der Waals surface area contributed by atoms with Crippen LogP contribution in [0, 0.1) is 18.2 Å². The lowest BCUT2D eigenvalue weighted by Gasteiger charge is -2.21. The summed E-state index contributed by atoms with van der Waals surface area (Å²) in [5.74, 6) is -0.242. The SMILES string of the molecule is COC(=O)C(C)(C)COc1cc(C)c(-c2ccc(-c3nc(OC(C)C)n(COCC[Si](C)(C)C)n3)c(F)c2)cn1. The van der Waals surface area contributed by atoms with Gasteiger partial charge < -0.3 is 18.9 Å². The normalized spacial score (nSPS) is 12.1. The quantitative estimate of drug-likeness (QED) is 0.137. The lowest BCUT2D eigenvalue weighted by atomic mass is 9.95. The van der Waals surface area contributed by atoms with E-state index in [-0.39, 0.29) is 42.8 Å². The molecule has 0 unspecified atom stereocenters. The van der Waals surface area contributed by atoms with E-state index in [4.69, 9.17) is 18.9 Å². The lowest BCUT2D eigenvalue weighted by Crippen LogP contribution is -2.32. The molecular weight excluding hydrogens is 531 g/mol. The van der Waals surface area contributed by atoms with Gasteiger partial charge in [0.1, 0.15) is 19.2 Å². The smallest absolute Gasteiger partial charge is 0.317 e. The van der Waals surface area contributed by atoms with Crippen molar-refractivity contribution >= 4 is 14.0 Å². The first-order valence-corrected chi connectivity index (χ1v) is 17.1. The molecule has 218 valence electrons. The molecule has 0 saturated heterocycles. The molecule has 0 radical (unpaired) electrons. The van der Waals surface area contributed by atoms with E-state index < -0.39 is 19.3 Å². The highest BCUT2D eigenvalue weighted by atomic mass is 28.3. The molecule has 2 aromatic heterocycles. The number of halogens is 1. The first kappa shape index (κ1) is 31.2. The number of pyridine rings is 1. The van der Waals surface area contributed by atoms with Gasteiger partial charge in [-0.05, 0) is 63.9 Å². The average Bonchev–Trinajstić information content (AvgIpc) is 3.25. The van der Waals surface area contributed by atoms with Crippen LogP contribution in [0.15, 0.2) is 30.5 Å². The zero-order chi connectivity index (χ0) is 29.7. The molecule has 0 atom stereocenters. The van der Waals surface area contributed by atoms with Gasteiger partial charge >= 0.3 is 12.0 Å². The van der Waals surface area contributed by atoms with E-state index in [2.05, 4.69) is 34.7 Å². The zero-order valence-corrected chi connectivity index (χ0v) is 26.0. The van der Waals surface area contributed by atoms with Gasteiger partial charge in [-0.2, -0.15) is 9.67 Å². The minimum absolute atomic E-state index is 0.111. The van der Waals surface area contributed by atoms with Gasteiger partial charge in [0.15, 0.2) is 5.82 Å². The average molecular weight is 573 g/mol. The summed E-state index contributed by atoms with van der Waals surface area (Å²) in [6.07, 6.45) is 1.50. The van der Waals surface area contributed by atoms with Crippen molar-refractivity contribution < 1.29 is 28.1 Å². The van der Waals surface area contributed by atoms with Crippen molar-refractivity contribution in [2.75, 3.05) is 20.3 Å². The van der Waals surface area contributed by atoms with E-state index in [1.54, 1.807) is 38.2 Å². The van der Waals surface area contributed by atoms with Gasteiger partial charge in [-0.1, -0.05) is 25.7 Å². The lowest BCUT2D eigenvalue weighted by molar-refractivity contribution is -0.152. The maximum atomic E-state index is 15.4. The number of rotatable bonds is 13. The Labute approximate surface area is 237 Å². The summed E-state index contributed by atoms with van der Waals surface area (Å²) in [6, 6.07) is 7.96. The Hall–Kier alpha value is -3.31. The number of hydrogen-bond donors (Lipinski definition) is 0. The second-order valence-corrected chi connectivity index (χ2v) is 17.5. The molecule has 0 saturated carbocycles. The molecule has 0 spiro atoms. The summed E-state index contributed by atoms with van der Waals surface area (Å²) >= 11 is 0. The summed E-state index contributed by atoms with van der Waals surface area (Å²) in [5, 5.41) is 4.48. The highest BCUT2D eigenvalue weighted by Crippen LogP contribution is 2.31. The molecule has 0 aliphatic heterocycles. The van der Waals surface area contributed by atoms with Gasteiger partial charge in [0, 0.05) is 32.5 Å². The third-order valence-electron chi connectivity index (χ3n) is 6.11. The number of ether oxygens (including phenoxy) is 4. The van der Waals surface area contributed by atoms with Crippen molar-refractivity contribution in [3.63, 3.8) is 0 Å². The molecule has 0 aliphatic carbocycles. The third kappa shape index (κ3) is 8.34. The fraction of sp³-hybridized carbons (Fsp3) is 0.517. The van der Waals surface area contributed by atoms with Gasteiger partial charge in [0.05, 0.1) is 24.2 Å². The minimum atomic E-state index is -1.23. The standard InChI is InChI=1S/C29H41FN4O5Si/c1-19(2)39-28-32-26(33-34(28)18-37-12-13-40(7,8)9)22-11-10-21(15-24(22)30)23-16-31-25(14-20(23)3)38-17-29(4,5)27(35)36-6/h10-11,14-16,19H,12-13,17-18H2,1-9H3. The summed E-state index contributed by atoms with van der Waals surface area (Å²) < 4.78 is 39.1. The van der Waals surface area contributed by atoms with E-state index in [1.165, 1.54) is 17.9 Å². The number of carbonyl (C=O) groups excluding carboxylic acids is 1. The Morgan fingerprint density at radius 1 is 1.15 bits per heavy atom. The molecule has 1 aromatic carbocycles. The Morgan fingerprint density at radius 3 is 2.48 bits per heavy atom. The predicted molar refractivity (Wildman–Crippen MR) is 155 cm³/mol. The van der Waals surface area contributed by atoms with Crippen LogP contribution in [0.3, 0.4) is 0 Å². The van der Waals surface area contributed by atoms with Crippen LogP contribution in [0.2, 0.25) is 25.7 Å².